The molecular formula is C10H10ClN5O. The smallest absolute Gasteiger partial charge is 0.224 e. The lowest BCUT2D eigenvalue weighted by molar-refractivity contribution is -0.120. The second-order valence-electron chi connectivity index (χ2n) is 3.37. The van der Waals surface area contributed by atoms with E-state index in [0.29, 0.717) is 10.8 Å². The molecule has 17 heavy (non-hydrogen) atoms. The molecule has 0 aliphatic rings. The lowest BCUT2D eigenvalue weighted by Gasteiger charge is -2.04. The molecule has 0 aliphatic heterocycles. The van der Waals surface area contributed by atoms with Crippen LogP contribution in [0.5, 0.6) is 0 Å². The molecule has 0 aliphatic carbocycles. The van der Waals surface area contributed by atoms with E-state index in [1.54, 1.807) is 6.07 Å². The predicted molar refractivity (Wildman–Crippen MR) is 61.2 cm³/mol. The Bertz CT molecular complexity index is 499. The number of nitrogens with one attached hydrogen (secondary N) is 2. The van der Waals surface area contributed by atoms with Crippen LogP contribution in [-0.2, 0) is 17.8 Å². The summed E-state index contributed by atoms with van der Waals surface area (Å²) in [4.78, 5) is 11.6. The largest absolute Gasteiger partial charge is 0.348 e. The molecule has 0 saturated carbocycles. The number of rotatable bonds is 4. The molecule has 0 fully saturated rings. The van der Waals surface area contributed by atoms with Crippen LogP contribution in [0.1, 0.15) is 11.4 Å². The predicted octanol–water partition coefficient (Wildman–Crippen LogP) is 0.712. The van der Waals surface area contributed by atoms with Gasteiger partial charge in [0, 0.05) is 5.02 Å². The summed E-state index contributed by atoms with van der Waals surface area (Å²) in [5, 5.41) is 16.4. The number of carbonyl (C=O) groups is 1. The third kappa shape index (κ3) is 3.25. The zero-order valence-corrected chi connectivity index (χ0v) is 9.61. The molecule has 0 radical (unpaired) electrons. The lowest BCUT2D eigenvalue weighted by Crippen LogP contribution is -2.25. The van der Waals surface area contributed by atoms with E-state index in [9.17, 15) is 4.79 Å². The van der Waals surface area contributed by atoms with Crippen LogP contribution in [0.2, 0.25) is 5.02 Å². The third-order valence-electron chi connectivity index (χ3n) is 2.14. The molecule has 0 bridgehead atoms. The van der Waals surface area contributed by atoms with Crippen molar-refractivity contribution in [3.8, 4) is 0 Å². The maximum Gasteiger partial charge on any atom is 0.224 e. The maximum absolute atomic E-state index is 11.6. The highest BCUT2D eigenvalue weighted by Crippen LogP contribution is 2.15. The summed E-state index contributed by atoms with van der Waals surface area (Å²) in [5.74, 6) is 0.306. The maximum atomic E-state index is 11.6. The van der Waals surface area contributed by atoms with Gasteiger partial charge >= 0.3 is 0 Å². The molecule has 88 valence electrons. The highest BCUT2D eigenvalue weighted by Gasteiger charge is 2.07. The number of amides is 1. The van der Waals surface area contributed by atoms with Crippen molar-refractivity contribution < 1.29 is 4.79 Å². The molecule has 7 heteroatoms. The van der Waals surface area contributed by atoms with Crippen LogP contribution in [0.25, 0.3) is 0 Å². The first-order valence-electron chi connectivity index (χ1n) is 4.98. The van der Waals surface area contributed by atoms with Crippen molar-refractivity contribution in [1.29, 1.82) is 0 Å². The molecule has 1 aromatic heterocycles. The lowest BCUT2D eigenvalue weighted by atomic mass is 10.1. The summed E-state index contributed by atoms with van der Waals surface area (Å²) >= 11 is 5.95. The fourth-order valence-corrected chi connectivity index (χ4v) is 1.51. The first kappa shape index (κ1) is 11.5. The molecule has 0 saturated heterocycles. The van der Waals surface area contributed by atoms with E-state index in [0.717, 1.165) is 5.56 Å². The number of carbonyl (C=O) groups excluding carboxylic acids is 1. The SMILES string of the molecule is O=C(Cc1ccccc1Cl)NCc1nn[nH]n1. The second-order valence-corrected chi connectivity index (χ2v) is 3.78. The Morgan fingerprint density at radius 3 is 2.94 bits per heavy atom. The molecular weight excluding hydrogens is 242 g/mol. The number of hydrogen-bond acceptors (Lipinski definition) is 4. The van der Waals surface area contributed by atoms with Gasteiger partial charge in [0.05, 0.1) is 13.0 Å². The van der Waals surface area contributed by atoms with Gasteiger partial charge in [-0.05, 0) is 11.6 Å². The number of aromatic amines is 1. The zero-order chi connectivity index (χ0) is 12.1. The van der Waals surface area contributed by atoms with E-state index in [1.165, 1.54) is 0 Å². The van der Waals surface area contributed by atoms with Crippen molar-refractivity contribution in [2.75, 3.05) is 0 Å². The fraction of sp³-hybridized carbons (Fsp3) is 0.200. The van der Waals surface area contributed by atoms with Gasteiger partial charge in [-0.25, -0.2) is 0 Å². The van der Waals surface area contributed by atoms with Crippen LogP contribution >= 0.6 is 11.6 Å². The van der Waals surface area contributed by atoms with E-state index in [-0.39, 0.29) is 18.9 Å². The summed E-state index contributed by atoms with van der Waals surface area (Å²) in [5.41, 5.74) is 0.791. The topological polar surface area (TPSA) is 83.6 Å². The number of halogens is 1. The van der Waals surface area contributed by atoms with Gasteiger partial charge in [0.25, 0.3) is 0 Å². The molecule has 6 nitrogen and oxygen atoms in total. The Balaban J connectivity index is 1.87. The van der Waals surface area contributed by atoms with Gasteiger partial charge in [0.2, 0.25) is 5.91 Å². The van der Waals surface area contributed by atoms with E-state index >= 15 is 0 Å². The monoisotopic (exact) mass is 251 g/mol. The van der Waals surface area contributed by atoms with Crippen LogP contribution < -0.4 is 5.32 Å². The van der Waals surface area contributed by atoms with Crippen LogP contribution in [0.15, 0.2) is 24.3 Å². The molecule has 0 atom stereocenters. The van der Waals surface area contributed by atoms with E-state index in [2.05, 4.69) is 25.9 Å². The van der Waals surface area contributed by atoms with Crippen molar-refractivity contribution in [2.24, 2.45) is 0 Å². The van der Waals surface area contributed by atoms with Crippen molar-refractivity contribution >= 4 is 17.5 Å². The van der Waals surface area contributed by atoms with Crippen molar-refractivity contribution in [3.63, 3.8) is 0 Å². The number of benzene rings is 1. The Hall–Kier alpha value is -1.95. The summed E-state index contributed by atoms with van der Waals surface area (Å²) in [6, 6.07) is 7.23. The molecule has 0 spiro atoms. The minimum Gasteiger partial charge on any atom is -0.348 e. The van der Waals surface area contributed by atoms with Crippen LogP contribution in [0.4, 0.5) is 0 Å². The van der Waals surface area contributed by atoms with Crippen LogP contribution in [0.3, 0.4) is 0 Å². The Morgan fingerprint density at radius 2 is 2.24 bits per heavy atom. The van der Waals surface area contributed by atoms with Crippen LogP contribution in [-0.4, -0.2) is 26.5 Å². The molecule has 1 heterocycles. The van der Waals surface area contributed by atoms with Crippen molar-refractivity contribution in [3.05, 3.63) is 40.7 Å². The fourth-order valence-electron chi connectivity index (χ4n) is 1.31. The van der Waals surface area contributed by atoms with E-state index < -0.39 is 0 Å². The second kappa shape index (κ2) is 5.40. The molecule has 1 amide bonds. The molecule has 1 aromatic carbocycles. The Kier molecular flexibility index (Phi) is 3.66. The summed E-state index contributed by atoms with van der Waals surface area (Å²) in [7, 11) is 0. The highest BCUT2D eigenvalue weighted by atomic mass is 35.5. The minimum atomic E-state index is -0.136. The van der Waals surface area contributed by atoms with Gasteiger partial charge in [-0.2, -0.15) is 5.21 Å². The average molecular weight is 252 g/mol. The zero-order valence-electron chi connectivity index (χ0n) is 8.85. The Labute approximate surface area is 102 Å². The average Bonchev–Trinajstić information content (AvgIpc) is 2.82. The summed E-state index contributed by atoms with van der Waals surface area (Å²) < 4.78 is 0. The molecule has 2 aromatic rings. The van der Waals surface area contributed by atoms with Crippen LogP contribution in [0, 0.1) is 0 Å². The van der Waals surface area contributed by atoms with Gasteiger partial charge in [-0.1, -0.05) is 35.0 Å². The van der Waals surface area contributed by atoms with Gasteiger partial charge in [0.15, 0.2) is 5.82 Å². The number of hydrogen-bond donors (Lipinski definition) is 2. The standard InChI is InChI=1S/C10H10ClN5O/c11-8-4-2-1-3-7(8)5-10(17)12-6-9-13-15-16-14-9/h1-4H,5-6H2,(H,12,17)(H,13,14,15,16). The van der Waals surface area contributed by atoms with Gasteiger partial charge in [-0.15, -0.1) is 10.2 Å². The van der Waals surface area contributed by atoms with E-state index in [1.807, 2.05) is 18.2 Å². The number of aromatic nitrogens is 4. The molecule has 2 N–H and O–H groups in total. The molecule has 0 unspecified atom stereocenters. The van der Waals surface area contributed by atoms with Crippen molar-refractivity contribution in [2.45, 2.75) is 13.0 Å². The van der Waals surface area contributed by atoms with Gasteiger partial charge in [-0.3, -0.25) is 4.79 Å². The first-order chi connectivity index (χ1) is 8.25. The van der Waals surface area contributed by atoms with E-state index in [4.69, 9.17) is 11.6 Å². The third-order valence-corrected chi connectivity index (χ3v) is 2.51. The van der Waals surface area contributed by atoms with Crippen molar-refractivity contribution in [1.82, 2.24) is 25.9 Å². The number of tetrazole rings is 1. The minimum absolute atomic E-state index is 0.136. The quantitative estimate of drug-likeness (QED) is 0.838. The first-order valence-corrected chi connectivity index (χ1v) is 5.36. The number of nitrogens with zero attached hydrogens (tertiary/aromatic N) is 3. The Morgan fingerprint density at radius 1 is 1.41 bits per heavy atom. The molecule has 2 rings (SSSR count). The highest BCUT2D eigenvalue weighted by molar-refractivity contribution is 6.31. The van der Waals surface area contributed by atoms with Gasteiger partial charge < -0.3 is 5.32 Å². The van der Waals surface area contributed by atoms with Gasteiger partial charge in [0.1, 0.15) is 0 Å². The summed E-state index contributed by atoms with van der Waals surface area (Å²) in [6.07, 6.45) is 0.234. The normalized spacial score (nSPS) is 10.2. The number of H-pyrrole nitrogens is 1. The summed E-state index contributed by atoms with van der Waals surface area (Å²) in [6.45, 7) is 0.250.